The number of nitrogens with one attached hydrogen (secondary N) is 2. The summed E-state index contributed by atoms with van der Waals surface area (Å²) in [6.45, 7) is 3.70. The highest BCUT2D eigenvalue weighted by molar-refractivity contribution is 9.10. The Bertz CT molecular complexity index is 455. The number of benzene rings is 1. The maximum atomic E-state index is 12.1. The highest BCUT2D eigenvalue weighted by Gasteiger charge is 2.41. The van der Waals surface area contributed by atoms with E-state index in [-0.39, 0.29) is 5.91 Å². The molecule has 1 amide bonds. The van der Waals surface area contributed by atoms with Gasteiger partial charge in [0.1, 0.15) is 0 Å². The van der Waals surface area contributed by atoms with Crippen molar-refractivity contribution in [1.29, 1.82) is 0 Å². The van der Waals surface area contributed by atoms with Crippen LogP contribution in [0.15, 0.2) is 22.7 Å². The van der Waals surface area contributed by atoms with Crippen molar-refractivity contribution in [2.24, 2.45) is 5.41 Å². The molecular formula is C14H19BrN2O. The van der Waals surface area contributed by atoms with Crippen LogP contribution in [0.1, 0.15) is 28.8 Å². The van der Waals surface area contributed by atoms with E-state index >= 15 is 0 Å². The molecule has 4 heteroatoms. The van der Waals surface area contributed by atoms with Gasteiger partial charge in [0.15, 0.2) is 0 Å². The van der Waals surface area contributed by atoms with Gasteiger partial charge in [0.05, 0.1) is 0 Å². The Labute approximate surface area is 116 Å². The molecule has 0 spiro atoms. The van der Waals surface area contributed by atoms with Crippen LogP contribution in [0.4, 0.5) is 0 Å². The van der Waals surface area contributed by atoms with Gasteiger partial charge in [-0.1, -0.05) is 22.0 Å². The summed E-state index contributed by atoms with van der Waals surface area (Å²) in [7, 11) is 1.96. The second-order valence-electron chi connectivity index (χ2n) is 5.17. The molecule has 0 bridgehead atoms. The molecule has 0 radical (unpaired) electrons. The quantitative estimate of drug-likeness (QED) is 0.877. The molecule has 0 saturated heterocycles. The fourth-order valence-electron chi connectivity index (χ4n) is 2.17. The van der Waals surface area contributed by atoms with Gasteiger partial charge in [0, 0.05) is 28.5 Å². The van der Waals surface area contributed by atoms with Crippen LogP contribution in [-0.2, 0) is 0 Å². The van der Waals surface area contributed by atoms with E-state index in [9.17, 15) is 4.79 Å². The van der Waals surface area contributed by atoms with Crippen molar-refractivity contribution < 1.29 is 4.79 Å². The molecule has 2 rings (SSSR count). The van der Waals surface area contributed by atoms with Crippen LogP contribution < -0.4 is 10.6 Å². The molecule has 1 aromatic carbocycles. The van der Waals surface area contributed by atoms with E-state index < -0.39 is 0 Å². The average molecular weight is 311 g/mol. The summed E-state index contributed by atoms with van der Waals surface area (Å²) >= 11 is 3.40. The maximum Gasteiger partial charge on any atom is 0.251 e. The molecule has 2 N–H and O–H groups in total. The van der Waals surface area contributed by atoms with Gasteiger partial charge in [0.2, 0.25) is 0 Å². The molecule has 18 heavy (non-hydrogen) atoms. The first-order valence-electron chi connectivity index (χ1n) is 6.25. The Kier molecular flexibility index (Phi) is 4.07. The van der Waals surface area contributed by atoms with Gasteiger partial charge in [-0.05, 0) is 44.5 Å². The van der Waals surface area contributed by atoms with Gasteiger partial charge in [-0.2, -0.15) is 0 Å². The fourth-order valence-corrected chi connectivity index (χ4v) is 2.53. The number of carbonyl (C=O) groups is 1. The zero-order chi connectivity index (χ0) is 13.2. The van der Waals surface area contributed by atoms with E-state index in [1.165, 1.54) is 12.8 Å². The lowest BCUT2D eigenvalue weighted by Crippen LogP contribution is -2.35. The van der Waals surface area contributed by atoms with Gasteiger partial charge in [-0.3, -0.25) is 4.79 Å². The number of carbonyl (C=O) groups excluding carboxylic acids is 1. The van der Waals surface area contributed by atoms with Crippen molar-refractivity contribution in [2.45, 2.75) is 19.8 Å². The third kappa shape index (κ3) is 3.12. The minimum atomic E-state index is 0.0242. The minimum absolute atomic E-state index is 0.0242. The lowest BCUT2D eigenvalue weighted by molar-refractivity contribution is 0.0944. The van der Waals surface area contributed by atoms with Crippen molar-refractivity contribution in [3.05, 3.63) is 33.8 Å². The first kappa shape index (κ1) is 13.6. The van der Waals surface area contributed by atoms with Crippen molar-refractivity contribution in [3.63, 3.8) is 0 Å². The van der Waals surface area contributed by atoms with E-state index in [1.807, 2.05) is 32.2 Å². The number of hydrogen-bond acceptors (Lipinski definition) is 2. The summed E-state index contributed by atoms with van der Waals surface area (Å²) in [4.78, 5) is 12.1. The predicted octanol–water partition coefficient (Wildman–Crippen LogP) is 2.49. The van der Waals surface area contributed by atoms with Crippen molar-refractivity contribution in [1.82, 2.24) is 10.6 Å². The fraction of sp³-hybridized carbons (Fsp3) is 0.500. The molecule has 98 valence electrons. The van der Waals surface area contributed by atoms with Crippen LogP contribution >= 0.6 is 15.9 Å². The summed E-state index contributed by atoms with van der Waals surface area (Å²) in [5.41, 5.74) is 2.06. The molecule has 0 heterocycles. The normalized spacial score (nSPS) is 16.4. The summed E-state index contributed by atoms with van der Waals surface area (Å²) in [5, 5.41) is 6.25. The van der Waals surface area contributed by atoms with Crippen molar-refractivity contribution in [3.8, 4) is 0 Å². The minimum Gasteiger partial charge on any atom is -0.351 e. The number of amides is 1. The van der Waals surface area contributed by atoms with Crippen LogP contribution in [-0.4, -0.2) is 26.0 Å². The summed E-state index contributed by atoms with van der Waals surface area (Å²) < 4.78 is 0.939. The van der Waals surface area contributed by atoms with Gasteiger partial charge in [0.25, 0.3) is 5.91 Å². The molecule has 3 nitrogen and oxygen atoms in total. The Morgan fingerprint density at radius 1 is 1.39 bits per heavy atom. The Hall–Kier alpha value is -0.870. The standard InChI is InChI=1S/C14H19BrN2O/c1-10-3-4-11(15)7-12(10)13(18)17-9-14(5-6-14)8-16-2/h3-4,7,16H,5-6,8-9H2,1-2H3,(H,17,18). The first-order chi connectivity index (χ1) is 8.56. The van der Waals surface area contributed by atoms with Gasteiger partial charge < -0.3 is 10.6 Å². The number of aryl methyl sites for hydroxylation is 1. The monoisotopic (exact) mass is 310 g/mol. The van der Waals surface area contributed by atoms with Crippen LogP contribution in [0.5, 0.6) is 0 Å². The second-order valence-corrected chi connectivity index (χ2v) is 6.09. The van der Waals surface area contributed by atoms with E-state index in [1.54, 1.807) is 0 Å². The van der Waals surface area contributed by atoms with Crippen LogP contribution in [0, 0.1) is 12.3 Å². The van der Waals surface area contributed by atoms with Gasteiger partial charge in [-0.15, -0.1) is 0 Å². The molecule has 1 fully saturated rings. The van der Waals surface area contributed by atoms with Crippen molar-refractivity contribution in [2.75, 3.05) is 20.1 Å². The number of halogens is 1. The highest BCUT2D eigenvalue weighted by atomic mass is 79.9. The molecule has 1 aromatic rings. The highest BCUT2D eigenvalue weighted by Crippen LogP contribution is 2.44. The molecule has 0 aliphatic heterocycles. The Balaban J connectivity index is 1.98. The van der Waals surface area contributed by atoms with E-state index in [0.717, 1.165) is 28.7 Å². The molecule has 0 aromatic heterocycles. The molecule has 1 aliphatic carbocycles. The lowest BCUT2D eigenvalue weighted by Gasteiger charge is -2.16. The topological polar surface area (TPSA) is 41.1 Å². The Morgan fingerprint density at radius 2 is 2.11 bits per heavy atom. The molecule has 0 unspecified atom stereocenters. The lowest BCUT2D eigenvalue weighted by atomic mass is 10.1. The summed E-state index contributed by atoms with van der Waals surface area (Å²) in [6.07, 6.45) is 2.40. The van der Waals surface area contributed by atoms with E-state index in [4.69, 9.17) is 0 Å². The molecule has 0 atom stereocenters. The van der Waals surface area contributed by atoms with Crippen LogP contribution in [0.2, 0.25) is 0 Å². The molecular weight excluding hydrogens is 292 g/mol. The maximum absolute atomic E-state index is 12.1. The first-order valence-corrected chi connectivity index (χ1v) is 7.05. The third-order valence-electron chi connectivity index (χ3n) is 3.58. The smallest absolute Gasteiger partial charge is 0.251 e. The van der Waals surface area contributed by atoms with Gasteiger partial charge in [-0.25, -0.2) is 0 Å². The van der Waals surface area contributed by atoms with E-state index in [0.29, 0.717) is 5.41 Å². The summed E-state index contributed by atoms with van der Waals surface area (Å²) in [5.74, 6) is 0.0242. The van der Waals surface area contributed by atoms with Crippen molar-refractivity contribution >= 4 is 21.8 Å². The zero-order valence-corrected chi connectivity index (χ0v) is 12.4. The van der Waals surface area contributed by atoms with Crippen LogP contribution in [0.3, 0.4) is 0 Å². The number of hydrogen-bond donors (Lipinski definition) is 2. The van der Waals surface area contributed by atoms with Crippen LogP contribution in [0.25, 0.3) is 0 Å². The summed E-state index contributed by atoms with van der Waals surface area (Å²) in [6, 6.07) is 5.79. The largest absolute Gasteiger partial charge is 0.351 e. The Morgan fingerprint density at radius 3 is 2.72 bits per heavy atom. The number of rotatable bonds is 5. The van der Waals surface area contributed by atoms with E-state index in [2.05, 4.69) is 26.6 Å². The average Bonchev–Trinajstić information content (AvgIpc) is 3.10. The predicted molar refractivity (Wildman–Crippen MR) is 76.8 cm³/mol. The molecule has 1 saturated carbocycles. The zero-order valence-electron chi connectivity index (χ0n) is 10.8. The van der Waals surface area contributed by atoms with Gasteiger partial charge >= 0.3 is 0 Å². The molecule has 1 aliphatic rings. The SMILES string of the molecule is CNCC1(CNC(=O)c2cc(Br)ccc2C)CC1. The second kappa shape index (κ2) is 5.41. The third-order valence-corrected chi connectivity index (χ3v) is 4.07.